The van der Waals surface area contributed by atoms with E-state index in [1.165, 1.54) is 12.4 Å². The van der Waals surface area contributed by atoms with Crippen LogP contribution in [0.5, 0.6) is 0 Å². The number of hydrogen-bond donors (Lipinski definition) is 2. The van der Waals surface area contributed by atoms with E-state index in [-0.39, 0.29) is 6.42 Å². The molecular weight excluding hydrogens is 172 g/mol. The number of carboxylic acids is 1. The summed E-state index contributed by atoms with van der Waals surface area (Å²) in [7, 11) is 0. The number of aliphatic hydroxyl groups excluding tert-OH is 1. The van der Waals surface area contributed by atoms with Crippen molar-refractivity contribution in [1.29, 1.82) is 0 Å². The number of carbonyl (C=O) groups is 1. The predicted molar refractivity (Wildman–Crippen MR) is 44.0 cm³/mol. The summed E-state index contributed by atoms with van der Waals surface area (Å²) < 4.78 is 0. The molecule has 70 valence electrons. The molecule has 0 bridgehead atoms. The number of carboxylic acid groups (broad SMARTS) is 1. The number of rotatable bonds is 3. The number of aromatic nitrogens is 2. The maximum Gasteiger partial charge on any atom is 0.306 e. The number of aliphatic hydroxyl groups is 1. The second kappa shape index (κ2) is 3.95. The third-order valence-corrected chi connectivity index (χ3v) is 1.60. The van der Waals surface area contributed by atoms with E-state index in [0.717, 1.165) is 0 Å². The zero-order valence-electron chi connectivity index (χ0n) is 7.14. The van der Waals surface area contributed by atoms with Crippen LogP contribution >= 0.6 is 0 Å². The van der Waals surface area contributed by atoms with Crippen LogP contribution < -0.4 is 0 Å². The zero-order chi connectivity index (χ0) is 9.84. The molecule has 2 N–H and O–H groups in total. The van der Waals surface area contributed by atoms with Crippen LogP contribution in [0.15, 0.2) is 12.4 Å². The fourth-order valence-corrected chi connectivity index (χ4v) is 1.01. The van der Waals surface area contributed by atoms with Gasteiger partial charge in [0.25, 0.3) is 0 Å². The molecule has 1 aromatic heterocycles. The summed E-state index contributed by atoms with van der Waals surface area (Å²) in [5.41, 5.74) is 0.876. The molecule has 0 aliphatic rings. The van der Waals surface area contributed by atoms with Crippen molar-refractivity contribution in [2.24, 2.45) is 0 Å². The highest BCUT2D eigenvalue weighted by Gasteiger charge is 2.15. The summed E-state index contributed by atoms with van der Waals surface area (Å²) in [6.45, 7) is 1.67. The normalized spacial score (nSPS) is 12.5. The minimum atomic E-state index is -1.08. The molecule has 5 nitrogen and oxygen atoms in total. The Labute approximate surface area is 75.1 Å². The molecule has 0 saturated heterocycles. The molecule has 13 heavy (non-hydrogen) atoms. The van der Waals surface area contributed by atoms with Gasteiger partial charge in [-0.15, -0.1) is 0 Å². The first-order valence-corrected chi connectivity index (χ1v) is 3.78. The topological polar surface area (TPSA) is 83.3 Å². The summed E-state index contributed by atoms with van der Waals surface area (Å²) >= 11 is 0. The van der Waals surface area contributed by atoms with Crippen LogP contribution in [0.3, 0.4) is 0 Å². The first-order chi connectivity index (χ1) is 6.11. The van der Waals surface area contributed by atoms with Gasteiger partial charge in [0.15, 0.2) is 0 Å². The number of hydrogen-bond acceptors (Lipinski definition) is 4. The van der Waals surface area contributed by atoms with Gasteiger partial charge in [0, 0.05) is 12.4 Å². The van der Waals surface area contributed by atoms with Crippen molar-refractivity contribution < 1.29 is 15.0 Å². The van der Waals surface area contributed by atoms with Crippen LogP contribution in [0.1, 0.15) is 23.9 Å². The van der Waals surface area contributed by atoms with Gasteiger partial charge in [-0.05, 0) is 6.92 Å². The Morgan fingerprint density at radius 3 is 2.69 bits per heavy atom. The van der Waals surface area contributed by atoms with E-state index in [1.807, 2.05) is 0 Å². The Hall–Kier alpha value is -1.49. The molecule has 5 heteroatoms. The molecular formula is C8H10N2O3. The maximum atomic E-state index is 10.3. The third-order valence-electron chi connectivity index (χ3n) is 1.60. The molecule has 1 heterocycles. The van der Waals surface area contributed by atoms with Crippen LogP contribution in [-0.2, 0) is 4.79 Å². The highest BCUT2D eigenvalue weighted by atomic mass is 16.4. The molecule has 1 rings (SSSR count). The smallest absolute Gasteiger partial charge is 0.306 e. The van der Waals surface area contributed by atoms with Gasteiger partial charge in [0.2, 0.25) is 0 Å². The first-order valence-electron chi connectivity index (χ1n) is 3.78. The van der Waals surface area contributed by atoms with Gasteiger partial charge in [-0.25, -0.2) is 0 Å². The van der Waals surface area contributed by atoms with E-state index < -0.39 is 12.1 Å². The Morgan fingerprint density at radius 2 is 2.15 bits per heavy atom. The SMILES string of the molecule is Cc1nccnc1[C@H](O)CC(=O)O. The Morgan fingerprint density at radius 1 is 1.54 bits per heavy atom. The van der Waals surface area contributed by atoms with Crippen molar-refractivity contribution in [2.45, 2.75) is 19.4 Å². The van der Waals surface area contributed by atoms with Gasteiger partial charge >= 0.3 is 5.97 Å². The Bertz CT molecular complexity index is 314. The summed E-state index contributed by atoms with van der Waals surface area (Å²) in [5, 5.41) is 17.8. The van der Waals surface area contributed by atoms with Gasteiger partial charge in [-0.3, -0.25) is 14.8 Å². The maximum absolute atomic E-state index is 10.3. The van der Waals surface area contributed by atoms with Crippen LogP contribution in [0.4, 0.5) is 0 Å². The molecule has 0 unspecified atom stereocenters. The van der Waals surface area contributed by atoms with Crippen molar-refractivity contribution >= 4 is 5.97 Å². The molecule has 0 saturated carbocycles. The van der Waals surface area contributed by atoms with Gasteiger partial charge in [-0.1, -0.05) is 0 Å². The lowest BCUT2D eigenvalue weighted by atomic mass is 10.1. The average Bonchev–Trinajstić information content (AvgIpc) is 2.03. The molecule has 0 spiro atoms. The van der Waals surface area contributed by atoms with E-state index in [1.54, 1.807) is 6.92 Å². The monoisotopic (exact) mass is 182 g/mol. The van der Waals surface area contributed by atoms with Crippen molar-refractivity contribution in [1.82, 2.24) is 9.97 Å². The number of nitrogens with zero attached hydrogens (tertiary/aromatic N) is 2. The summed E-state index contributed by atoms with van der Waals surface area (Å²) in [6.07, 6.45) is 1.49. The lowest BCUT2D eigenvalue weighted by Crippen LogP contribution is -2.09. The van der Waals surface area contributed by atoms with Gasteiger partial charge in [0.1, 0.15) is 6.10 Å². The van der Waals surface area contributed by atoms with E-state index in [9.17, 15) is 9.90 Å². The summed E-state index contributed by atoms with van der Waals surface area (Å²) in [6, 6.07) is 0. The van der Waals surface area contributed by atoms with E-state index in [2.05, 4.69) is 9.97 Å². The number of aryl methyl sites for hydroxylation is 1. The van der Waals surface area contributed by atoms with Gasteiger partial charge in [-0.2, -0.15) is 0 Å². The van der Waals surface area contributed by atoms with Gasteiger partial charge < -0.3 is 10.2 Å². The molecule has 0 fully saturated rings. The summed E-state index contributed by atoms with van der Waals surface area (Å²) in [4.78, 5) is 18.0. The number of aliphatic carboxylic acids is 1. The average molecular weight is 182 g/mol. The van der Waals surface area contributed by atoms with E-state index in [4.69, 9.17) is 5.11 Å². The Balaban J connectivity index is 2.82. The molecule has 0 aromatic carbocycles. The van der Waals surface area contributed by atoms with Crippen LogP contribution in [-0.4, -0.2) is 26.2 Å². The predicted octanol–water partition coefficient (Wildman–Crippen LogP) is 0.293. The largest absolute Gasteiger partial charge is 0.481 e. The lowest BCUT2D eigenvalue weighted by Gasteiger charge is -2.08. The minimum Gasteiger partial charge on any atom is -0.481 e. The second-order valence-electron chi connectivity index (χ2n) is 2.64. The fourth-order valence-electron chi connectivity index (χ4n) is 1.01. The molecule has 0 radical (unpaired) electrons. The second-order valence-corrected chi connectivity index (χ2v) is 2.64. The first kappa shape index (κ1) is 9.60. The molecule has 1 aromatic rings. The van der Waals surface area contributed by atoms with E-state index in [0.29, 0.717) is 11.4 Å². The highest BCUT2D eigenvalue weighted by Crippen LogP contribution is 2.15. The fraction of sp³-hybridized carbons (Fsp3) is 0.375. The zero-order valence-corrected chi connectivity index (χ0v) is 7.14. The minimum absolute atomic E-state index is 0.324. The standard InChI is InChI=1S/C8H10N2O3/c1-5-8(10-3-2-9-5)6(11)4-7(12)13/h2-3,6,11H,4H2,1H3,(H,12,13)/t6-/m1/s1. The molecule has 1 atom stereocenters. The Kier molecular flexibility index (Phi) is 2.92. The van der Waals surface area contributed by atoms with Crippen molar-refractivity contribution in [2.75, 3.05) is 0 Å². The third kappa shape index (κ3) is 2.48. The quantitative estimate of drug-likeness (QED) is 0.702. The van der Waals surface area contributed by atoms with Crippen LogP contribution in [0, 0.1) is 6.92 Å². The molecule has 0 aliphatic carbocycles. The molecule has 0 aliphatic heterocycles. The lowest BCUT2D eigenvalue weighted by molar-refractivity contribution is -0.139. The highest BCUT2D eigenvalue weighted by molar-refractivity contribution is 5.67. The van der Waals surface area contributed by atoms with Crippen molar-refractivity contribution in [3.8, 4) is 0 Å². The van der Waals surface area contributed by atoms with E-state index >= 15 is 0 Å². The molecule has 0 amide bonds. The van der Waals surface area contributed by atoms with Gasteiger partial charge in [0.05, 0.1) is 17.8 Å². The van der Waals surface area contributed by atoms with Crippen LogP contribution in [0.2, 0.25) is 0 Å². The van der Waals surface area contributed by atoms with Crippen molar-refractivity contribution in [3.05, 3.63) is 23.8 Å². The van der Waals surface area contributed by atoms with Crippen LogP contribution in [0.25, 0.3) is 0 Å². The summed E-state index contributed by atoms with van der Waals surface area (Å²) in [5.74, 6) is -1.06. The van der Waals surface area contributed by atoms with Crippen molar-refractivity contribution in [3.63, 3.8) is 0 Å².